The topological polar surface area (TPSA) is 64.4 Å². The molecule has 1 saturated heterocycles. The maximum absolute atomic E-state index is 12.2. The zero-order valence-corrected chi connectivity index (χ0v) is 12.2. The number of nitrogens with zero attached hydrogens (tertiary/aromatic N) is 3. The minimum atomic E-state index is -0.150. The first-order valence-electron chi connectivity index (χ1n) is 7.08. The number of carbonyl (C=O) groups is 2. The van der Waals surface area contributed by atoms with Crippen molar-refractivity contribution in [3.63, 3.8) is 0 Å². The Hall–Kier alpha value is -2.35. The Kier molecular flexibility index (Phi) is 4.94. The van der Waals surface area contributed by atoms with E-state index in [9.17, 15) is 9.59 Å². The van der Waals surface area contributed by atoms with Crippen LogP contribution in [-0.2, 0) is 16.0 Å². The molecule has 2 rings (SSSR count). The van der Waals surface area contributed by atoms with Crippen molar-refractivity contribution in [1.29, 1.82) is 5.26 Å². The van der Waals surface area contributed by atoms with Gasteiger partial charge in [-0.3, -0.25) is 9.59 Å². The van der Waals surface area contributed by atoms with Gasteiger partial charge in [0.2, 0.25) is 11.8 Å². The molecule has 110 valence electrons. The Morgan fingerprint density at radius 3 is 2.10 bits per heavy atom. The second kappa shape index (κ2) is 6.89. The molecule has 1 aliphatic heterocycles. The smallest absolute Gasteiger partial charge is 0.236 e. The van der Waals surface area contributed by atoms with Crippen LogP contribution in [-0.4, -0.2) is 47.8 Å². The van der Waals surface area contributed by atoms with Gasteiger partial charge >= 0.3 is 0 Å². The van der Waals surface area contributed by atoms with Gasteiger partial charge in [-0.25, -0.2) is 0 Å². The summed E-state index contributed by atoms with van der Waals surface area (Å²) in [6.07, 6.45) is 0.309. The number of hydrogen-bond donors (Lipinski definition) is 0. The number of aryl methyl sites for hydroxylation is 1. The number of benzene rings is 1. The highest BCUT2D eigenvalue weighted by molar-refractivity contribution is 5.80. The van der Waals surface area contributed by atoms with Gasteiger partial charge in [0.1, 0.15) is 6.42 Å². The molecule has 1 fully saturated rings. The molecule has 1 aromatic rings. The van der Waals surface area contributed by atoms with E-state index in [0.717, 1.165) is 5.56 Å². The number of rotatable bonds is 3. The molecule has 0 N–H and O–H groups in total. The second-order valence-corrected chi connectivity index (χ2v) is 5.26. The Morgan fingerprint density at radius 1 is 1.05 bits per heavy atom. The van der Waals surface area contributed by atoms with Crippen LogP contribution < -0.4 is 0 Å². The summed E-state index contributed by atoms with van der Waals surface area (Å²) < 4.78 is 0. The summed E-state index contributed by atoms with van der Waals surface area (Å²) in [5, 5.41) is 8.53. The third-order valence-corrected chi connectivity index (χ3v) is 3.69. The highest BCUT2D eigenvalue weighted by Crippen LogP contribution is 2.09. The predicted octanol–water partition coefficient (Wildman–Crippen LogP) is 1.12. The number of carbonyl (C=O) groups excluding carboxylic acids is 2. The normalized spacial score (nSPS) is 14.7. The van der Waals surface area contributed by atoms with Crippen LogP contribution in [0.25, 0.3) is 0 Å². The number of hydrogen-bond acceptors (Lipinski definition) is 3. The van der Waals surface area contributed by atoms with E-state index in [1.54, 1.807) is 9.80 Å². The summed E-state index contributed by atoms with van der Waals surface area (Å²) in [5.74, 6) is -0.0608. The summed E-state index contributed by atoms with van der Waals surface area (Å²) in [6, 6.07) is 9.81. The van der Waals surface area contributed by atoms with Crippen LogP contribution >= 0.6 is 0 Å². The monoisotopic (exact) mass is 285 g/mol. The molecule has 21 heavy (non-hydrogen) atoms. The Bertz CT molecular complexity index is 552. The van der Waals surface area contributed by atoms with Crippen LogP contribution in [0.1, 0.15) is 17.5 Å². The van der Waals surface area contributed by atoms with E-state index in [0.29, 0.717) is 32.6 Å². The van der Waals surface area contributed by atoms with Gasteiger partial charge in [0, 0.05) is 26.2 Å². The maximum atomic E-state index is 12.2. The summed E-state index contributed by atoms with van der Waals surface area (Å²) >= 11 is 0. The molecule has 1 heterocycles. The van der Waals surface area contributed by atoms with Crippen molar-refractivity contribution < 1.29 is 9.59 Å². The minimum Gasteiger partial charge on any atom is -0.339 e. The van der Waals surface area contributed by atoms with Crippen LogP contribution in [0.5, 0.6) is 0 Å². The van der Waals surface area contributed by atoms with Crippen LogP contribution in [0.4, 0.5) is 0 Å². The van der Waals surface area contributed by atoms with Crippen LogP contribution in [0.3, 0.4) is 0 Å². The van der Waals surface area contributed by atoms with Gasteiger partial charge in [-0.2, -0.15) is 5.26 Å². The van der Waals surface area contributed by atoms with E-state index in [2.05, 4.69) is 0 Å². The molecule has 0 radical (unpaired) electrons. The van der Waals surface area contributed by atoms with Crippen molar-refractivity contribution >= 4 is 11.8 Å². The standard InChI is InChI=1S/C16H19N3O2/c1-13-2-4-14(5-3-13)12-16(21)19-10-8-18(9-11-19)15(20)6-7-17/h2-5H,6,8-12H2,1H3. The molecular weight excluding hydrogens is 266 g/mol. The van der Waals surface area contributed by atoms with Crippen molar-refractivity contribution in [2.24, 2.45) is 0 Å². The fraction of sp³-hybridized carbons (Fsp3) is 0.438. The molecule has 0 aliphatic carbocycles. The van der Waals surface area contributed by atoms with E-state index >= 15 is 0 Å². The third-order valence-electron chi connectivity index (χ3n) is 3.69. The zero-order chi connectivity index (χ0) is 15.2. The van der Waals surface area contributed by atoms with Gasteiger partial charge in [-0.05, 0) is 12.5 Å². The molecule has 2 amide bonds. The first-order chi connectivity index (χ1) is 10.1. The fourth-order valence-corrected chi connectivity index (χ4v) is 2.38. The van der Waals surface area contributed by atoms with Crippen molar-refractivity contribution in [1.82, 2.24) is 9.80 Å². The van der Waals surface area contributed by atoms with Crippen molar-refractivity contribution in [3.05, 3.63) is 35.4 Å². The molecule has 0 bridgehead atoms. The molecular formula is C16H19N3O2. The zero-order valence-electron chi connectivity index (χ0n) is 12.2. The van der Waals surface area contributed by atoms with Gasteiger partial charge in [-0.15, -0.1) is 0 Å². The lowest BCUT2D eigenvalue weighted by Gasteiger charge is -2.34. The summed E-state index contributed by atoms with van der Waals surface area (Å²) in [7, 11) is 0. The largest absolute Gasteiger partial charge is 0.339 e. The van der Waals surface area contributed by atoms with E-state index in [1.807, 2.05) is 37.3 Å². The minimum absolute atomic E-state index is 0.0860. The lowest BCUT2D eigenvalue weighted by molar-refractivity contribution is -0.138. The average Bonchev–Trinajstić information content (AvgIpc) is 2.50. The lowest BCUT2D eigenvalue weighted by Crippen LogP contribution is -2.50. The predicted molar refractivity (Wildman–Crippen MR) is 78.3 cm³/mol. The number of amides is 2. The average molecular weight is 285 g/mol. The third kappa shape index (κ3) is 4.06. The van der Waals surface area contributed by atoms with Crippen molar-refractivity contribution in [2.45, 2.75) is 19.8 Å². The first kappa shape index (κ1) is 15.0. The molecule has 0 unspecified atom stereocenters. The molecule has 1 aliphatic rings. The molecule has 1 aromatic carbocycles. The van der Waals surface area contributed by atoms with Gasteiger partial charge in [0.05, 0.1) is 12.5 Å². The second-order valence-electron chi connectivity index (χ2n) is 5.26. The van der Waals surface area contributed by atoms with E-state index in [1.165, 1.54) is 5.56 Å². The summed E-state index contributed by atoms with van der Waals surface area (Å²) in [6.45, 7) is 4.13. The van der Waals surface area contributed by atoms with Crippen molar-refractivity contribution in [2.75, 3.05) is 26.2 Å². The fourth-order valence-electron chi connectivity index (χ4n) is 2.38. The van der Waals surface area contributed by atoms with Crippen molar-refractivity contribution in [3.8, 4) is 6.07 Å². The Balaban J connectivity index is 1.84. The molecule has 5 heteroatoms. The molecule has 5 nitrogen and oxygen atoms in total. The maximum Gasteiger partial charge on any atom is 0.236 e. The quantitative estimate of drug-likeness (QED) is 0.836. The van der Waals surface area contributed by atoms with Crippen LogP contribution in [0.15, 0.2) is 24.3 Å². The number of piperazine rings is 1. The van der Waals surface area contributed by atoms with Gasteiger partial charge in [-0.1, -0.05) is 29.8 Å². The summed E-state index contributed by atoms with van der Waals surface area (Å²) in [5.41, 5.74) is 2.18. The van der Waals surface area contributed by atoms with Gasteiger partial charge in [0.15, 0.2) is 0 Å². The van der Waals surface area contributed by atoms with E-state index in [4.69, 9.17) is 5.26 Å². The van der Waals surface area contributed by atoms with Gasteiger partial charge < -0.3 is 9.80 Å². The molecule has 0 saturated carbocycles. The van der Waals surface area contributed by atoms with E-state index < -0.39 is 0 Å². The molecule has 0 aromatic heterocycles. The SMILES string of the molecule is Cc1ccc(CC(=O)N2CCN(C(=O)CC#N)CC2)cc1. The van der Waals surface area contributed by atoms with Gasteiger partial charge in [0.25, 0.3) is 0 Å². The number of nitriles is 1. The molecule has 0 spiro atoms. The summed E-state index contributed by atoms with van der Waals surface area (Å²) in [4.78, 5) is 27.3. The highest BCUT2D eigenvalue weighted by atomic mass is 16.2. The highest BCUT2D eigenvalue weighted by Gasteiger charge is 2.23. The van der Waals surface area contributed by atoms with E-state index in [-0.39, 0.29) is 18.2 Å². The first-order valence-corrected chi connectivity index (χ1v) is 7.08. The van der Waals surface area contributed by atoms with Crippen LogP contribution in [0, 0.1) is 18.3 Å². The van der Waals surface area contributed by atoms with Crippen LogP contribution in [0.2, 0.25) is 0 Å². The lowest BCUT2D eigenvalue weighted by atomic mass is 10.1. The Labute approximate surface area is 124 Å². The molecule has 0 atom stereocenters. The Morgan fingerprint density at radius 2 is 1.57 bits per heavy atom.